The first-order valence-corrected chi connectivity index (χ1v) is 14.3. The maximum atomic E-state index is 13.5. The van der Waals surface area contributed by atoms with Gasteiger partial charge in [0.25, 0.3) is 0 Å². The number of rotatable bonds is 12. The summed E-state index contributed by atoms with van der Waals surface area (Å²) in [6.45, 7) is 5.17. The standard InChI is InChI=1S/C29H35N3O5S/c1-22(2)30-29(34)23(3)31(20-19-24-11-7-5-8-12-24)28(33)21-32(38(4,35)36)25-15-17-27(18-16-25)37-26-13-9-6-10-14-26/h5-18,22-23H,19-21H2,1-4H3,(H,30,34)/t23-/m0/s1. The van der Waals surface area contributed by atoms with Crippen molar-refractivity contribution in [3.8, 4) is 11.5 Å². The van der Waals surface area contributed by atoms with Gasteiger partial charge in [-0.25, -0.2) is 8.42 Å². The van der Waals surface area contributed by atoms with Crippen LogP contribution in [-0.4, -0.2) is 56.6 Å². The Kier molecular flexibility index (Phi) is 9.90. The molecule has 38 heavy (non-hydrogen) atoms. The number of amides is 2. The van der Waals surface area contributed by atoms with Crippen molar-refractivity contribution in [2.24, 2.45) is 0 Å². The van der Waals surface area contributed by atoms with E-state index in [1.807, 2.05) is 74.5 Å². The summed E-state index contributed by atoms with van der Waals surface area (Å²) in [4.78, 5) is 27.8. The van der Waals surface area contributed by atoms with Gasteiger partial charge in [-0.05, 0) is 69.2 Å². The molecule has 3 rings (SSSR count). The molecule has 3 aromatic rings. The highest BCUT2D eigenvalue weighted by atomic mass is 32.2. The zero-order chi connectivity index (χ0) is 27.7. The molecule has 0 unspecified atom stereocenters. The highest BCUT2D eigenvalue weighted by Crippen LogP contribution is 2.25. The third kappa shape index (κ3) is 8.34. The third-order valence-electron chi connectivity index (χ3n) is 5.87. The van der Waals surface area contributed by atoms with Crippen LogP contribution in [0.25, 0.3) is 0 Å². The molecule has 3 aromatic carbocycles. The second-order valence-corrected chi connectivity index (χ2v) is 11.2. The largest absolute Gasteiger partial charge is 0.457 e. The van der Waals surface area contributed by atoms with E-state index in [4.69, 9.17) is 4.74 Å². The van der Waals surface area contributed by atoms with Crippen LogP contribution in [0, 0.1) is 0 Å². The Bertz CT molecular complexity index is 1300. The van der Waals surface area contributed by atoms with Crippen LogP contribution in [-0.2, 0) is 26.0 Å². The van der Waals surface area contributed by atoms with Crippen molar-refractivity contribution in [1.82, 2.24) is 10.2 Å². The van der Waals surface area contributed by atoms with Crippen LogP contribution in [0.2, 0.25) is 0 Å². The van der Waals surface area contributed by atoms with Gasteiger partial charge in [0.05, 0.1) is 11.9 Å². The van der Waals surface area contributed by atoms with Gasteiger partial charge in [0, 0.05) is 12.6 Å². The fraction of sp³-hybridized carbons (Fsp3) is 0.310. The van der Waals surface area contributed by atoms with Crippen molar-refractivity contribution in [1.29, 1.82) is 0 Å². The Morgan fingerprint density at radius 2 is 1.39 bits per heavy atom. The van der Waals surface area contributed by atoms with Gasteiger partial charge >= 0.3 is 0 Å². The lowest BCUT2D eigenvalue weighted by Crippen LogP contribution is -2.53. The summed E-state index contributed by atoms with van der Waals surface area (Å²) in [5.41, 5.74) is 1.33. The van der Waals surface area contributed by atoms with Crippen LogP contribution in [0.1, 0.15) is 26.3 Å². The molecule has 8 nitrogen and oxygen atoms in total. The van der Waals surface area contributed by atoms with Crippen LogP contribution < -0.4 is 14.4 Å². The molecular formula is C29H35N3O5S. The second kappa shape index (κ2) is 13.1. The molecule has 0 heterocycles. The SMILES string of the molecule is CC(C)NC(=O)[C@H](C)N(CCc1ccccc1)C(=O)CN(c1ccc(Oc2ccccc2)cc1)S(C)(=O)=O. The van der Waals surface area contributed by atoms with Crippen LogP contribution >= 0.6 is 0 Å². The summed E-state index contributed by atoms with van der Waals surface area (Å²) >= 11 is 0. The quantitative estimate of drug-likeness (QED) is 0.373. The van der Waals surface area contributed by atoms with Crippen LogP contribution in [0.3, 0.4) is 0 Å². The second-order valence-electron chi connectivity index (χ2n) is 9.34. The number of sulfonamides is 1. The predicted octanol–water partition coefficient (Wildman–Crippen LogP) is 4.23. The van der Waals surface area contributed by atoms with Gasteiger partial charge in [0.1, 0.15) is 24.1 Å². The summed E-state index contributed by atoms with van der Waals surface area (Å²) in [5.74, 6) is 0.415. The Labute approximate surface area is 225 Å². The molecule has 0 aliphatic heterocycles. The van der Waals surface area contributed by atoms with E-state index in [0.717, 1.165) is 16.1 Å². The molecule has 0 aromatic heterocycles. The normalized spacial score (nSPS) is 12.0. The van der Waals surface area contributed by atoms with Crippen LogP contribution in [0.4, 0.5) is 5.69 Å². The summed E-state index contributed by atoms with van der Waals surface area (Å²) in [6, 6.07) is 24.5. The Morgan fingerprint density at radius 1 is 0.842 bits per heavy atom. The lowest BCUT2D eigenvalue weighted by molar-refractivity contribution is -0.139. The van der Waals surface area contributed by atoms with Crippen molar-refractivity contribution in [2.45, 2.75) is 39.3 Å². The van der Waals surface area contributed by atoms with Crippen molar-refractivity contribution in [3.63, 3.8) is 0 Å². The number of nitrogens with zero attached hydrogens (tertiary/aromatic N) is 2. The van der Waals surface area contributed by atoms with E-state index in [2.05, 4.69) is 5.32 Å². The van der Waals surface area contributed by atoms with E-state index >= 15 is 0 Å². The lowest BCUT2D eigenvalue weighted by atomic mass is 10.1. The maximum absolute atomic E-state index is 13.5. The fourth-order valence-corrected chi connectivity index (χ4v) is 4.74. The van der Waals surface area contributed by atoms with E-state index in [9.17, 15) is 18.0 Å². The van der Waals surface area contributed by atoms with Crippen LogP contribution in [0.5, 0.6) is 11.5 Å². The lowest BCUT2D eigenvalue weighted by Gasteiger charge is -2.32. The van der Waals surface area contributed by atoms with Gasteiger partial charge in [0.15, 0.2) is 0 Å². The molecule has 1 atom stereocenters. The van der Waals surface area contributed by atoms with Crippen molar-refractivity contribution >= 4 is 27.5 Å². The number of ether oxygens (including phenoxy) is 1. The summed E-state index contributed by atoms with van der Waals surface area (Å²) in [6.07, 6.45) is 1.58. The molecular weight excluding hydrogens is 502 g/mol. The zero-order valence-electron chi connectivity index (χ0n) is 22.2. The first-order valence-electron chi connectivity index (χ1n) is 12.5. The zero-order valence-corrected chi connectivity index (χ0v) is 23.0. The first-order chi connectivity index (χ1) is 18.0. The van der Waals surface area contributed by atoms with E-state index in [0.29, 0.717) is 23.6 Å². The van der Waals surface area contributed by atoms with E-state index in [1.165, 1.54) is 4.90 Å². The Morgan fingerprint density at radius 3 is 1.95 bits per heavy atom. The maximum Gasteiger partial charge on any atom is 0.244 e. The summed E-state index contributed by atoms with van der Waals surface area (Å²) in [5, 5.41) is 2.84. The van der Waals surface area contributed by atoms with Gasteiger partial charge in [-0.2, -0.15) is 0 Å². The number of hydrogen-bond acceptors (Lipinski definition) is 5. The molecule has 1 N–H and O–H groups in total. The minimum atomic E-state index is -3.81. The van der Waals surface area contributed by atoms with Gasteiger partial charge in [0.2, 0.25) is 21.8 Å². The van der Waals surface area contributed by atoms with Gasteiger partial charge in [-0.1, -0.05) is 48.5 Å². The molecule has 0 aliphatic carbocycles. The first kappa shape index (κ1) is 28.7. The molecule has 202 valence electrons. The van der Waals surface area contributed by atoms with Gasteiger partial charge in [-0.15, -0.1) is 0 Å². The Balaban J connectivity index is 1.81. The van der Waals surface area contributed by atoms with Crippen LogP contribution in [0.15, 0.2) is 84.9 Å². The molecule has 0 fully saturated rings. The number of anilines is 1. The molecule has 0 spiro atoms. The average Bonchev–Trinajstić information content (AvgIpc) is 2.88. The molecule has 0 saturated carbocycles. The number of carbonyl (C=O) groups is 2. The molecule has 9 heteroatoms. The fourth-order valence-electron chi connectivity index (χ4n) is 3.89. The molecule has 0 aliphatic rings. The minimum absolute atomic E-state index is 0.0971. The number of nitrogens with one attached hydrogen (secondary N) is 1. The average molecular weight is 538 g/mol. The number of hydrogen-bond donors (Lipinski definition) is 1. The predicted molar refractivity (Wildman–Crippen MR) is 150 cm³/mol. The number of carbonyl (C=O) groups excluding carboxylic acids is 2. The Hall–Kier alpha value is -3.85. The van der Waals surface area contributed by atoms with E-state index < -0.39 is 28.5 Å². The van der Waals surface area contributed by atoms with Crippen molar-refractivity contribution in [2.75, 3.05) is 23.7 Å². The van der Waals surface area contributed by atoms with Gasteiger partial charge in [-0.3, -0.25) is 13.9 Å². The monoisotopic (exact) mass is 537 g/mol. The number of para-hydroxylation sites is 1. The molecule has 2 amide bonds. The highest BCUT2D eigenvalue weighted by Gasteiger charge is 2.30. The topological polar surface area (TPSA) is 96.0 Å². The molecule has 0 bridgehead atoms. The third-order valence-corrected chi connectivity index (χ3v) is 7.01. The summed E-state index contributed by atoms with van der Waals surface area (Å²) in [7, 11) is -3.81. The highest BCUT2D eigenvalue weighted by molar-refractivity contribution is 7.92. The molecule has 0 radical (unpaired) electrons. The smallest absolute Gasteiger partial charge is 0.244 e. The molecule has 0 saturated heterocycles. The van der Waals surface area contributed by atoms with E-state index in [-0.39, 0.29) is 18.5 Å². The minimum Gasteiger partial charge on any atom is -0.457 e. The summed E-state index contributed by atoms with van der Waals surface area (Å²) < 4.78 is 32.3. The van der Waals surface area contributed by atoms with Gasteiger partial charge < -0.3 is 15.0 Å². The van der Waals surface area contributed by atoms with Crippen molar-refractivity contribution < 1.29 is 22.7 Å². The number of benzene rings is 3. The van der Waals surface area contributed by atoms with Crippen molar-refractivity contribution in [3.05, 3.63) is 90.5 Å². The van der Waals surface area contributed by atoms with E-state index in [1.54, 1.807) is 31.2 Å².